The van der Waals surface area contributed by atoms with Gasteiger partial charge in [0.25, 0.3) is 0 Å². The summed E-state index contributed by atoms with van der Waals surface area (Å²) in [7, 11) is 0. The molecule has 17 heavy (non-hydrogen) atoms. The fourth-order valence-electron chi connectivity index (χ4n) is 1.55. The van der Waals surface area contributed by atoms with E-state index in [4.69, 9.17) is 16.3 Å². The quantitative estimate of drug-likeness (QED) is 0.816. The average molecular weight is 251 g/mol. The Kier molecular flexibility index (Phi) is 3.38. The Hall–Kier alpha value is -1.48. The van der Waals surface area contributed by atoms with E-state index in [1.165, 1.54) is 0 Å². The van der Waals surface area contributed by atoms with Crippen LogP contribution in [0.5, 0.6) is 11.8 Å². The van der Waals surface area contributed by atoms with Gasteiger partial charge in [0.2, 0.25) is 0 Å². The van der Waals surface area contributed by atoms with Crippen LogP contribution in [0.4, 0.5) is 0 Å². The predicted octanol–water partition coefficient (Wildman–Crippen LogP) is 4.22. The minimum Gasteiger partial charge on any atom is -0.426 e. The van der Waals surface area contributed by atoms with Crippen LogP contribution in [0.15, 0.2) is 30.5 Å². The lowest BCUT2D eigenvalue weighted by Crippen LogP contribution is -2.01. The van der Waals surface area contributed by atoms with Crippen LogP contribution in [-0.4, -0.2) is 9.55 Å². The van der Waals surface area contributed by atoms with E-state index in [0.717, 1.165) is 11.4 Å². The molecule has 0 amide bonds. The third kappa shape index (κ3) is 2.80. The van der Waals surface area contributed by atoms with Gasteiger partial charge in [0, 0.05) is 17.3 Å². The molecule has 0 radical (unpaired) electrons. The number of hydrogen-bond donors (Lipinski definition) is 0. The Labute approximate surface area is 106 Å². The van der Waals surface area contributed by atoms with Crippen molar-refractivity contribution in [1.29, 1.82) is 0 Å². The highest BCUT2D eigenvalue weighted by Gasteiger charge is 2.10. The highest BCUT2D eigenvalue weighted by atomic mass is 35.5. The van der Waals surface area contributed by atoms with Crippen molar-refractivity contribution < 1.29 is 4.74 Å². The Morgan fingerprint density at radius 2 is 1.88 bits per heavy atom. The summed E-state index contributed by atoms with van der Waals surface area (Å²) in [5.74, 6) is 0.738. The van der Waals surface area contributed by atoms with Crippen molar-refractivity contribution in [3.8, 4) is 11.8 Å². The molecule has 0 N–H and O–H groups in total. The van der Waals surface area contributed by atoms with Gasteiger partial charge in [-0.2, -0.15) is 0 Å². The fourth-order valence-corrected chi connectivity index (χ4v) is 1.67. The van der Waals surface area contributed by atoms with Gasteiger partial charge in [0.15, 0.2) is 0 Å². The summed E-state index contributed by atoms with van der Waals surface area (Å²) in [6, 6.07) is 8.19. The Bertz CT molecular complexity index is 503. The monoisotopic (exact) mass is 250 g/mol. The van der Waals surface area contributed by atoms with E-state index in [0.29, 0.717) is 17.1 Å². The molecule has 1 aromatic heterocycles. The molecule has 90 valence electrons. The SMILES string of the molecule is Cc1cn(C(C)C)c(Oc2ccc(Cl)cc2)n1. The first-order chi connectivity index (χ1) is 8.06. The zero-order chi connectivity index (χ0) is 12.4. The van der Waals surface area contributed by atoms with E-state index in [2.05, 4.69) is 18.8 Å². The molecule has 0 unspecified atom stereocenters. The van der Waals surface area contributed by atoms with Gasteiger partial charge in [-0.1, -0.05) is 11.6 Å². The molecule has 0 atom stereocenters. The van der Waals surface area contributed by atoms with E-state index in [9.17, 15) is 0 Å². The fraction of sp³-hybridized carbons (Fsp3) is 0.308. The van der Waals surface area contributed by atoms with Crippen molar-refractivity contribution in [2.75, 3.05) is 0 Å². The molecule has 0 bridgehead atoms. The van der Waals surface area contributed by atoms with Crippen LogP contribution in [0.2, 0.25) is 5.02 Å². The van der Waals surface area contributed by atoms with Gasteiger partial charge in [-0.25, -0.2) is 4.98 Å². The maximum Gasteiger partial charge on any atom is 0.302 e. The summed E-state index contributed by atoms with van der Waals surface area (Å²) in [6.07, 6.45) is 1.98. The second-order valence-electron chi connectivity index (χ2n) is 4.22. The molecule has 0 aliphatic heterocycles. The third-order valence-electron chi connectivity index (χ3n) is 2.40. The molecule has 0 saturated carbocycles. The van der Waals surface area contributed by atoms with E-state index in [1.54, 1.807) is 12.1 Å². The van der Waals surface area contributed by atoms with Gasteiger partial charge in [-0.05, 0) is 45.0 Å². The van der Waals surface area contributed by atoms with Crippen molar-refractivity contribution >= 4 is 11.6 Å². The van der Waals surface area contributed by atoms with Gasteiger partial charge in [-0.15, -0.1) is 0 Å². The van der Waals surface area contributed by atoms with Crippen LogP contribution in [-0.2, 0) is 0 Å². The number of benzene rings is 1. The van der Waals surface area contributed by atoms with Crippen molar-refractivity contribution in [3.05, 3.63) is 41.2 Å². The maximum absolute atomic E-state index is 5.82. The maximum atomic E-state index is 5.82. The number of imidazole rings is 1. The molecule has 3 nitrogen and oxygen atoms in total. The molecule has 0 aliphatic carbocycles. The molecule has 1 heterocycles. The molecule has 2 rings (SSSR count). The van der Waals surface area contributed by atoms with Crippen LogP contribution < -0.4 is 4.74 Å². The number of aromatic nitrogens is 2. The molecule has 0 saturated heterocycles. The van der Waals surface area contributed by atoms with Gasteiger partial charge >= 0.3 is 6.01 Å². The summed E-state index contributed by atoms with van der Waals surface area (Å²) in [5.41, 5.74) is 0.947. The second-order valence-corrected chi connectivity index (χ2v) is 4.66. The smallest absolute Gasteiger partial charge is 0.302 e. The molecular weight excluding hydrogens is 236 g/mol. The zero-order valence-corrected chi connectivity index (χ0v) is 10.9. The number of halogens is 1. The highest BCUT2D eigenvalue weighted by molar-refractivity contribution is 6.30. The number of rotatable bonds is 3. The minimum atomic E-state index is 0.318. The van der Waals surface area contributed by atoms with E-state index < -0.39 is 0 Å². The van der Waals surface area contributed by atoms with E-state index >= 15 is 0 Å². The average Bonchev–Trinajstić information content (AvgIpc) is 2.63. The summed E-state index contributed by atoms with van der Waals surface area (Å²) >= 11 is 5.82. The molecule has 1 aromatic carbocycles. The largest absolute Gasteiger partial charge is 0.426 e. The third-order valence-corrected chi connectivity index (χ3v) is 2.65. The van der Waals surface area contributed by atoms with Crippen LogP contribution in [0.3, 0.4) is 0 Å². The molecule has 0 fully saturated rings. The van der Waals surface area contributed by atoms with Crippen LogP contribution in [0, 0.1) is 6.92 Å². The Morgan fingerprint density at radius 3 is 2.47 bits per heavy atom. The second kappa shape index (κ2) is 4.80. The lowest BCUT2D eigenvalue weighted by atomic mass is 10.3. The van der Waals surface area contributed by atoms with Crippen LogP contribution >= 0.6 is 11.6 Å². The van der Waals surface area contributed by atoms with Gasteiger partial charge < -0.3 is 4.74 Å². The van der Waals surface area contributed by atoms with Crippen molar-refractivity contribution in [2.24, 2.45) is 0 Å². The summed E-state index contributed by atoms with van der Waals surface area (Å²) in [6.45, 7) is 6.14. The Morgan fingerprint density at radius 1 is 1.24 bits per heavy atom. The number of aryl methyl sites for hydroxylation is 1. The molecule has 2 aromatic rings. The van der Waals surface area contributed by atoms with Gasteiger partial charge in [-0.3, -0.25) is 4.57 Å². The first-order valence-corrected chi connectivity index (χ1v) is 5.93. The Balaban J connectivity index is 2.26. The first-order valence-electron chi connectivity index (χ1n) is 5.55. The highest BCUT2D eigenvalue weighted by Crippen LogP contribution is 2.24. The standard InChI is InChI=1S/C13H15ClN2O/c1-9(2)16-8-10(3)15-13(16)17-12-6-4-11(14)5-7-12/h4-9H,1-3H3. The van der Waals surface area contributed by atoms with Gasteiger partial charge in [0.1, 0.15) is 5.75 Å². The topological polar surface area (TPSA) is 27.1 Å². The summed E-state index contributed by atoms with van der Waals surface area (Å²) in [5, 5.41) is 0.695. The molecular formula is C13H15ClN2O. The van der Waals surface area contributed by atoms with E-state index in [-0.39, 0.29) is 0 Å². The number of nitrogens with zero attached hydrogens (tertiary/aromatic N) is 2. The van der Waals surface area contributed by atoms with Gasteiger partial charge in [0.05, 0.1) is 5.69 Å². The van der Waals surface area contributed by atoms with E-state index in [1.807, 2.05) is 29.8 Å². The molecule has 4 heteroatoms. The zero-order valence-electron chi connectivity index (χ0n) is 10.1. The first kappa shape index (κ1) is 12.0. The van der Waals surface area contributed by atoms with Crippen LogP contribution in [0.25, 0.3) is 0 Å². The predicted molar refractivity (Wildman–Crippen MR) is 68.9 cm³/mol. The summed E-state index contributed by atoms with van der Waals surface area (Å²) in [4.78, 5) is 4.36. The normalized spacial score (nSPS) is 10.9. The summed E-state index contributed by atoms with van der Waals surface area (Å²) < 4.78 is 7.74. The van der Waals surface area contributed by atoms with Crippen molar-refractivity contribution in [1.82, 2.24) is 9.55 Å². The number of ether oxygens (including phenoxy) is 1. The lowest BCUT2D eigenvalue weighted by Gasteiger charge is -2.11. The van der Waals surface area contributed by atoms with Crippen molar-refractivity contribution in [3.63, 3.8) is 0 Å². The minimum absolute atomic E-state index is 0.318. The molecule has 0 aliphatic rings. The molecule has 0 spiro atoms. The van der Waals surface area contributed by atoms with Crippen LogP contribution in [0.1, 0.15) is 25.6 Å². The van der Waals surface area contributed by atoms with Crippen molar-refractivity contribution in [2.45, 2.75) is 26.8 Å². The number of hydrogen-bond acceptors (Lipinski definition) is 2. The lowest BCUT2D eigenvalue weighted by molar-refractivity contribution is 0.395.